The van der Waals surface area contributed by atoms with Crippen molar-refractivity contribution in [3.63, 3.8) is 0 Å². The zero-order valence-electron chi connectivity index (χ0n) is 21.3. The molecule has 2 saturated heterocycles. The quantitative estimate of drug-likeness (QED) is 0.488. The van der Waals surface area contributed by atoms with Gasteiger partial charge in [-0.15, -0.1) is 0 Å². The molecule has 0 aliphatic carbocycles. The average Bonchev–Trinajstić information content (AvgIpc) is 3.52. The highest BCUT2D eigenvalue weighted by atomic mass is 19.4. The first-order valence-corrected chi connectivity index (χ1v) is 12.5. The number of rotatable bonds is 7. The summed E-state index contributed by atoms with van der Waals surface area (Å²) in [5.41, 5.74) is 2.74. The Labute approximate surface area is 218 Å². The lowest BCUT2D eigenvalue weighted by atomic mass is 9.86. The summed E-state index contributed by atoms with van der Waals surface area (Å²) >= 11 is 0. The number of likely N-dealkylation sites (tertiary alicyclic amines) is 1. The van der Waals surface area contributed by atoms with E-state index in [2.05, 4.69) is 20.2 Å². The van der Waals surface area contributed by atoms with Gasteiger partial charge in [0.15, 0.2) is 0 Å². The summed E-state index contributed by atoms with van der Waals surface area (Å²) in [6, 6.07) is 7.33. The number of carbonyl (C=O) groups excluding carboxylic acids is 1. The maximum absolute atomic E-state index is 13.9. The molecule has 5 rings (SSSR count). The number of H-pyrrole nitrogens is 1. The fourth-order valence-electron chi connectivity index (χ4n) is 5.31. The second-order valence-corrected chi connectivity index (χ2v) is 9.89. The van der Waals surface area contributed by atoms with Gasteiger partial charge in [-0.25, -0.2) is 14.8 Å². The molecular formula is C26H30F3N7O2. The SMILES string of the molecule is COc1cccc(CN2C(=O)N(c3ncc(-c4cn[nH]c4)c(C)n3)CC23CCN(CCC(F)(F)F)CC3)c1. The molecule has 0 unspecified atom stereocenters. The Hall–Kier alpha value is -3.67. The molecule has 3 aromatic rings. The molecule has 1 spiro atoms. The van der Waals surface area contributed by atoms with Gasteiger partial charge in [-0.05, 0) is 37.5 Å². The minimum atomic E-state index is -4.19. The summed E-state index contributed by atoms with van der Waals surface area (Å²) in [6.07, 6.45) is 1.22. The van der Waals surface area contributed by atoms with Crippen LogP contribution in [0.1, 0.15) is 30.5 Å². The first-order chi connectivity index (χ1) is 18.2. The molecule has 0 saturated carbocycles. The summed E-state index contributed by atoms with van der Waals surface area (Å²) in [7, 11) is 1.59. The van der Waals surface area contributed by atoms with Gasteiger partial charge < -0.3 is 14.5 Å². The van der Waals surface area contributed by atoms with E-state index in [1.165, 1.54) is 0 Å². The molecule has 12 heteroatoms. The normalized spacial score (nSPS) is 18.0. The van der Waals surface area contributed by atoms with Crippen molar-refractivity contribution in [2.75, 3.05) is 38.2 Å². The van der Waals surface area contributed by atoms with E-state index in [1.54, 1.807) is 30.6 Å². The zero-order valence-corrected chi connectivity index (χ0v) is 21.3. The number of methoxy groups -OCH3 is 1. The van der Waals surface area contributed by atoms with Crippen molar-refractivity contribution in [2.45, 2.75) is 44.4 Å². The minimum Gasteiger partial charge on any atom is -0.497 e. The summed E-state index contributed by atoms with van der Waals surface area (Å²) in [4.78, 5) is 28.3. The first-order valence-electron chi connectivity index (χ1n) is 12.5. The molecule has 38 heavy (non-hydrogen) atoms. The number of hydrogen-bond acceptors (Lipinski definition) is 6. The lowest BCUT2D eigenvalue weighted by Crippen LogP contribution is -2.54. The van der Waals surface area contributed by atoms with Gasteiger partial charge in [-0.3, -0.25) is 10.00 Å². The van der Waals surface area contributed by atoms with Gasteiger partial charge in [-0.1, -0.05) is 12.1 Å². The van der Waals surface area contributed by atoms with Crippen molar-refractivity contribution in [3.05, 3.63) is 54.1 Å². The van der Waals surface area contributed by atoms with Crippen molar-refractivity contribution in [3.8, 4) is 16.9 Å². The van der Waals surface area contributed by atoms with Crippen LogP contribution in [0, 0.1) is 6.92 Å². The zero-order chi connectivity index (χ0) is 26.9. The number of aromatic amines is 1. The standard InChI is InChI=1S/C26H30F3N7O2/c1-18-22(20-13-31-32-14-20)15-30-23(33-18)35-17-25(6-9-34(10-7-25)11-8-26(27,28)29)36(24(35)37)16-19-4-3-5-21(12-19)38-2/h3-5,12-15H,6-11,16-17H2,1-2H3,(H,31,32). The van der Waals surface area contributed by atoms with Crippen molar-refractivity contribution < 1.29 is 22.7 Å². The van der Waals surface area contributed by atoms with Gasteiger partial charge in [-0.2, -0.15) is 18.3 Å². The van der Waals surface area contributed by atoms with E-state index in [4.69, 9.17) is 4.74 Å². The van der Waals surface area contributed by atoms with E-state index in [0.717, 1.165) is 16.7 Å². The van der Waals surface area contributed by atoms with Gasteiger partial charge in [0.2, 0.25) is 5.95 Å². The number of alkyl halides is 3. The molecule has 9 nitrogen and oxygen atoms in total. The predicted octanol–water partition coefficient (Wildman–Crippen LogP) is 4.41. The first kappa shape index (κ1) is 26.0. The number of halogens is 3. The third-order valence-electron chi connectivity index (χ3n) is 7.48. The number of amides is 2. The van der Waals surface area contributed by atoms with Gasteiger partial charge in [0.25, 0.3) is 0 Å². The number of carbonyl (C=O) groups is 1. The van der Waals surface area contributed by atoms with Gasteiger partial charge in [0.05, 0.1) is 37.5 Å². The summed E-state index contributed by atoms with van der Waals surface area (Å²) in [5, 5.41) is 6.75. The summed E-state index contributed by atoms with van der Waals surface area (Å²) in [6.45, 7) is 3.49. The number of hydrogen-bond donors (Lipinski definition) is 1. The smallest absolute Gasteiger partial charge is 0.390 e. The predicted molar refractivity (Wildman–Crippen MR) is 135 cm³/mol. The minimum absolute atomic E-state index is 0.0368. The van der Waals surface area contributed by atoms with E-state index >= 15 is 0 Å². The Morgan fingerprint density at radius 2 is 1.97 bits per heavy atom. The Bertz CT molecular complexity index is 1270. The highest BCUT2D eigenvalue weighted by molar-refractivity contribution is 5.94. The fraction of sp³-hybridized carbons (Fsp3) is 0.462. The molecule has 2 aliphatic heterocycles. The number of benzene rings is 1. The second kappa shape index (κ2) is 10.2. The topological polar surface area (TPSA) is 90.5 Å². The van der Waals surface area contributed by atoms with Gasteiger partial charge in [0, 0.05) is 49.7 Å². The molecule has 2 amide bonds. The van der Waals surface area contributed by atoms with Crippen LogP contribution in [0.3, 0.4) is 0 Å². The lowest BCUT2D eigenvalue weighted by molar-refractivity contribution is -0.139. The van der Waals surface area contributed by atoms with E-state index < -0.39 is 18.1 Å². The molecule has 202 valence electrons. The van der Waals surface area contributed by atoms with Crippen LogP contribution < -0.4 is 9.64 Å². The average molecular weight is 530 g/mol. The molecule has 0 bridgehead atoms. The van der Waals surface area contributed by atoms with Crippen molar-refractivity contribution in [1.82, 2.24) is 30.0 Å². The third-order valence-corrected chi connectivity index (χ3v) is 7.48. The van der Waals surface area contributed by atoms with Gasteiger partial charge >= 0.3 is 12.2 Å². The summed E-state index contributed by atoms with van der Waals surface area (Å²) < 4.78 is 43.7. The Balaban J connectivity index is 1.41. The van der Waals surface area contributed by atoms with Crippen molar-refractivity contribution in [2.24, 2.45) is 0 Å². The monoisotopic (exact) mass is 529 g/mol. The lowest BCUT2D eigenvalue weighted by Gasteiger charge is -2.44. The Morgan fingerprint density at radius 3 is 2.63 bits per heavy atom. The second-order valence-electron chi connectivity index (χ2n) is 9.89. The third kappa shape index (κ3) is 5.31. The number of anilines is 1. The maximum atomic E-state index is 13.9. The molecule has 2 fully saturated rings. The number of urea groups is 1. The molecular weight excluding hydrogens is 499 g/mol. The van der Waals surface area contributed by atoms with Crippen LogP contribution in [0.15, 0.2) is 42.9 Å². The van der Waals surface area contributed by atoms with Crippen LogP contribution in [0.4, 0.5) is 23.9 Å². The van der Waals surface area contributed by atoms with Crippen LogP contribution >= 0.6 is 0 Å². The van der Waals surface area contributed by atoms with Crippen LogP contribution in [0.5, 0.6) is 5.75 Å². The molecule has 1 N–H and O–H groups in total. The largest absolute Gasteiger partial charge is 0.497 e. The highest BCUT2D eigenvalue weighted by Crippen LogP contribution is 2.39. The number of nitrogens with zero attached hydrogens (tertiary/aromatic N) is 6. The number of aromatic nitrogens is 4. The number of nitrogens with one attached hydrogen (secondary N) is 1. The fourth-order valence-corrected chi connectivity index (χ4v) is 5.31. The van der Waals surface area contributed by atoms with E-state index in [9.17, 15) is 18.0 Å². The molecule has 0 radical (unpaired) electrons. The number of piperidine rings is 1. The molecule has 2 aliphatic rings. The van der Waals surface area contributed by atoms with E-state index in [0.29, 0.717) is 56.4 Å². The molecule has 4 heterocycles. The van der Waals surface area contributed by atoms with Gasteiger partial charge in [0.1, 0.15) is 5.75 Å². The van der Waals surface area contributed by atoms with E-state index in [1.807, 2.05) is 41.0 Å². The highest BCUT2D eigenvalue weighted by Gasteiger charge is 2.52. The van der Waals surface area contributed by atoms with Crippen LogP contribution in [0.2, 0.25) is 0 Å². The molecule has 0 atom stereocenters. The molecule has 1 aromatic carbocycles. The van der Waals surface area contributed by atoms with E-state index in [-0.39, 0.29) is 12.6 Å². The number of ether oxygens (including phenoxy) is 1. The van der Waals surface area contributed by atoms with Crippen LogP contribution in [-0.2, 0) is 6.54 Å². The van der Waals surface area contributed by atoms with Crippen LogP contribution in [-0.4, -0.2) is 81.0 Å². The van der Waals surface area contributed by atoms with Crippen molar-refractivity contribution in [1.29, 1.82) is 0 Å². The Kier molecular flexibility index (Phi) is 6.99. The van der Waals surface area contributed by atoms with Crippen LogP contribution in [0.25, 0.3) is 11.1 Å². The Morgan fingerprint density at radius 1 is 1.18 bits per heavy atom. The molecule has 2 aromatic heterocycles. The maximum Gasteiger partial charge on any atom is 0.390 e. The van der Waals surface area contributed by atoms with Crippen molar-refractivity contribution >= 4 is 12.0 Å². The number of aryl methyl sites for hydroxylation is 1. The summed E-state index contributed by atoms with van der Waals surface area (Å²) in [5.74, 6) is 1.00.